The third-order valence-electron chi connectivity index (χ3n) is 3.65. The fraction of sp³-hybridized carbons (Fsp3) is 0.357. The molecule has 0 spiro atoms. The summed E-state index contributed by atoms with van der Waals surface area (Å²) in [5, 5.41) is 10.5. The average molecular weight is 260 g/mol. The van der Waals surface area contributed by atoms with Crippen molar-refractivity contribution in [2.75, 3.05) is 20.2 Å². The molecule has 0 amide bonds. The van der Waals surface area contributed by atoms with Crippen molar-refractivity contribution in [2.24, 2.45) is 0 Å². The molecular weight excluding hydrogens is 244 g/mol. The molecule has 0 unspecified atom stereocenters. The zero-order valence-electron chi connectivity index (χ0n) is 10.4. The smallest absolute Gasteiger partial charge is 0.125 e. The second kappa shape index (κ2) is 4.37. The number of hydrogen-bond donors (Lipinski definition) is 1. The van der Waals surface area contributed by atoms with E-state index >= 15 is 0 Å². The molecule has 2 aromatic rings. The first-order valence-corrected chi connectivity index (χ1v) is 6.61. The summed E-state index contributed by atoms with van der Waals surface area (Å²) in [7, 11) is 2.03. The van der Waals surface area contributed by atoms with E-state index in [9.17, 15) is 5.11 Å². The van der Waals surface area contributed by atoms with Crippen LogP contribution in [0, 0.1) is 0 Å². The minimum atomic E-state index is 0.136. The maximum atomic E-state index is 9.27. The van der Waals surface area contributed by atoms with Crippen LogP contribution in [0.2, 0.25) is 0 Å². The third-order valence-corrected chi connectivity index (χ3v) is 4.15. The Bertz CT molecular complexity index is 618. The average Bonchev–Trinajstić information content (AvgIpc) is 2.70. The fourth-order valence-electron chi connectivity index (χ4n) is 2.77. The van der Waals surface area contributed by atoms with Gasteiger partial charge >= 0.3 is 0 Å². The molecule has 1 aliphatic rings. The molecule has 3 nitrogen and oxygen atoms in total. The van der Waals surface area contributed by atoms with Gasteiger partial charge in [0.05, 0.1) is 12.3 Å². The van der Waals surface area contributed by atoms with Crippen LogP contribution in [0.25, 0.3) is 10.9 Å². The maximum absolute atomic E-state index is 9.27. The van der Waals surface area contributed by atoms with Crippen LogP contribution >= 0.6 is 12.2 Å². The normalized spacial score (nSPS) is 15.2. The first-order valence-electron chi connectivity index (χ1n) is 6.20. The van der Waals surface area contributed by atoms with Crippen molar-refractivity contribution in [3.8, 4) is 0 Å². The molecular formula is C14H16N2OS. The van der Waals surface area contributed by atoms with Crippen molar-refractivity contribution in [2.45, 2.75) is 13.0 Å². The standard InChI is InChI=1S/C14H16N2OS/c1-15-7-6-11-10-4-2-3-5-12(10)16(8-9-17)13(11)14(15)18/h2-5,17H,6-9H2,1H3. The second-order valence-electron chi connectivity index (χ2n) is 4.70. The van der Waals surface area contributed by atoms with E-state index in [2.05, 4.69) is 27.7 Å². The van der Waals surface area contributed by atoms with Crippen molar-refractivity contribution in [1.82, 2.24) is 9.47 Å². The number of aliphatic hydroxyl groups is 1. The summed E-state index contributed by atoms with van der Waals surface area (Å²) in [6, 6.07) is 8.35. The van der Waals surface area contributed by atoms with Crippen molar-refractivity contribution in [3.63, 3.8) is 0 Å². The minimum absolute atomic E-state index is 0.136. The summed E-state index contributed by atoms with van der Waals surface area (Å²) in [5.41, 5.74) is 3.63. The number of likely N-dealkylation sites (N-methyl/N-ethyl adjacent to an activating group) is 1. The number of hydrogen-bond acceptors (Lipinski definition) is 2. The summed E-state index contributed by atoms with van der Waals surface area (Å²) < 4.78 is 2.16. The van der Waals surface area contributed by atoms with Crippen molar-refractivity contribution >= 4 is 28.1 Å². The van der Waals surface area contributed by atoms with Crippen molar-refractivity contribution in [3.05, 3.63) is 35.5 Å². The summed E-state index contributed by atoms with van der Waals surface area (Å²) in [6.07, 6.45) is 1.02. The number of fused-ring (bicyclic) bond motifs is 3. The highest BCUT2D eigenvalue weighted by Crippen LogP contribution is 2.30. The molecule has 0 bridgehead atoms. The molecule has 1 N–H and O–H groups in total. The van der Waals surface area contributed by atoms with Crippen LogP contribution in [0.5, 0.6) is 0 Å². The summed E-state index contributed by atoms with van der Waals surface area (Å²) >= 11 is 5.55. The van der Waals surface area contributed by atoms with E-state index < -0.39 is 0 Å². The van der Waals surface area contributed by atoms with Crippen molar-refractivity contribution in [1.29, 1.82) is 0 Å². The van der Waals surface area contributed by atoms with Crippen LogP contribution in [-0.4, -0.2) is 39.8 Å². The molecule has 1 aromatic heterocycles. The molecule has 2 heterocycles. The maximum Gasteiger partial charge on any atom is 0.125 e. The monoisotopic (exact) mass is 260 g/mol. The lowest BCUT2D eigenvalue weighted by atomic mass is 10.0. The van der Waals surface area contributed by atoms with E-state index in [0.717, 1.165) is 23.6 Å². The first-order chi connectivity index (χ1) is 8.74. The minimum Gasteiger partial charge on any atom is -0.395 e. The Morgan fingerprint density at radius 1 is 1.33 bits per heavy atom. The van der Waals surface area contributed by atoms with Gasteiger partial charge in [0.2, 0.25) is 0 Å². The van der Waals surface area contributed by atoms with Crippen LogP contribution in [0.15, 0.2) is 24.3 Å². The number of para-hydroxylation sites is 1. The molecule has 18 heavy (non-hydrogen) atoms. The SMILES string of the molecule is CN1CCc2c(n(CCO)c3ccccc23)C1=S. The number of aliphatic hydroxyl groups excluding tert-OH is 1. The quantitative estimate of drug-likeness (QED) is 0.835. The number of rotatable bonds is 2. The lowest BCUT2D eigenvalue weighted by molar-refractivity contribution is 0.277. The Kier molecular flexibility index (Phi) is 2.84. The Morgan fingerprint density at radius 3 is 2.89 bits per heavy atom. The van der Waals surface area contributed by atoms with Gasteiger partial charge in [0.15, 0.2) is 0 Å². The van der Waals surface area contributed by atoms with Gasteiger partial charge < -0.3 is 14.6 Å². The second-order valence-corrected chi connectivity index (χ2v) is 5.08. The Labute approximate surface area is 112 Å². The van der Waals surface area contributed by atoms with Crippen LogP contribution < -0.4 is 0 Å². The van der Waals surface area contributed by atoms with Gasteiger partial charge in [-0.05, 0) is 18.1 Å². The molecule has 0 fully saturated rings. The summed E-state index contributed by atoms with van der Waals surface area (Å²) in [5.74, 6) is 0. The van der Waals surface area contributed by atoms with Crippen molar-refractivity contribution < 1.29 is 5.11 Å². The highest BCUT2D eigenvalue weighted by Gasteiger charge is 2.25. The molecule has 0 atom stereocenters. The van der Waals surface area contributed by atoms with Gasteiger partial charge in [0.1, 0.15) is 4.99 Å². The Morgan fingerprint density at radius 2 is 2.11 bits per heavy atom. The zero-order valence-corrected chi connectivity index (χ0v) is 11.2. The molecule has 94 valence electrons. The van der Waals surface area contributed by atoms with E-state index in [4.69, 9.17) is 12.2 Å². The highest BCUT2D eigenvalue weighted by atomic mass is 32.1. The third kappa shape index (κ3) is 1.56. The lowest BCUT2D eigenvalue weighted by Crippen LogP contribution is -2.34. The van der Waals surface area contributed by atoms with Gasteiger partial charge in [-0.25, -0.2) is 0 Å². The fourth-order valence-corrected chi connectivity index (χ4v) is 3.09. The predicted molar refractivity (Wildman–Crippen MR) is 77.1 cm³/mol. The molecule has 1 aromatic carbocycles. The number of thiocarbonyl (C=S) groups is 1. The van der Waals surface area contributed by atoms with Gasteiger partial charge in [-0.2, -0.15) is 0 Å². The topological polar surface area (TPSA) is 28.4 Å². The number of aromatic nitrogens is 1. The van der Waals surface area contributed by atoms with Crippen LogP contribution in [0.3, 0.4) is 0 Å². The van der Waals surface area contributed by atoms with Crippen LogP contribution in [-0.2, 0) is 13.0 Å². The number of benzene rings is 1. The van der Waals surface area contributed by atoms with Crippen LogP contribution in [0.1, 0.15) is 11.3 Å². The molecule has 0 saturated heterocycles. The highest BCUT2D eigenvalue weighted by molar-refractivity contribution is 7.80. The summed E-state index contributed by atoms with van der Waals surface area (Å²) in [6.45, 7) is 1.71. The first kappa shape index (κ1) is 11.7. The van der Waals surface area contributed by atoms with E-state index in [-0.39, 0.29) is 6.61 Å². The van der Waals surface area contributed by atoms with Crippen LogP contribution in [0.4, 0.5) is 0 Å². The van der Waals surface area contributed by atoms with Gasteiger partial charge in [-0.3, -0.25) is 0 Å². The largest absolute Gasteiger partial charge is 0.395 e. The predicted octanol–water partition coefficient (Wildman–Crippen LogP) is 1.80. The Hall–Kier alpha value is -1.39. The molecule has 0 saturated carbocycles. The molecule has 3 rings (SSSR count). The van der Waals surface area contributed by atoms with Gasteiger partial charge in [0.25, 0.3) is 0 Å². The molecule has 0 radical (unpaired) electrons. The van der Waals surface area contributed by atoms with E-state index in [1.807, 2.05) is 13.1 Å². The van der Waals surface area contributed by atoms with Gasteiger partial charge in [0, 0.05) is 31.0 Å². The lowest BCUT2D eigenvalue weighted by Gasteiger charge is -2.27. The van der Waals surface area contributed by atoms with Gasteiger partial charge in [-0.1, -0.05) is 30.4 Å². The Balaban J connectivity index is 2.32. The van der Waals surface area contributed by atoms with E-state index in [1.54, 1.807) is 0 Å². The molecule has 4 heteroatoms. The molecule has 0 aliphatic carbocycles. The zero-order chi connectivity index (χ0) is 12.7. The van der Waals surface area contributed by atoms with Gasteiger partial charge in [-0.15, -0.1) is 0 Å². The number of nitrogens with zero attached hydrogens (tertiary/aromatic N) is 2. The van der Waals surface area contributed by atoms with E-state index in [0.29, 0.717) is 6.54 Å². The van der Waals surface area contributed by atoms with E-state index in [1.165, 1.54) is 16.5 Å². The summed E-state index contributed by atoms with van der Waals surface area (Å²) in [4.78, 5) is 3.01. The molecule has 1 aliphatic heterocycles.